The summed E-state index contributed by atoms with van der Waals surface area (Å²) in [5, 5.41) is 2.64. The van der Waals surface area contributed by atoms with Crippen LogP contribution >= 0.6 is 11.3 Å². The summed E-state index contributed by atoms with van der Waals surface area (Å²) in [6, 6.07) is 3.24. The largest absolute Gasteiger partial charge is 0.462 e. The fourth-order valence-corrected chi connectivity index (χ4v) is 3.59. The Morgan fingerprint density at radius 1 is 1.03 bits per heavy atom. The maximum Gasteiger partial charge on any atom is 0.355 e. The highest BCUT2D eigenvalue weighted by Gasteiger charge is 2.27. The first-order valence-corrected chi connectivity index (χ1v) is 9.67. The van der Waals surface area contributed by atoms with Gasteiger partial charge in [-0.3, -0.25) is 4.79 Å². The van der Waals surface area contributed by atoms with E-state index in [1.165, 1.54) is 0 Å². The highest BCUT2D eigenvalue weighted by Crippen LogP contribution is 2.34. The van der Waals surface area contributed by atoms with Gasteiger partial charge in [-0.05, 0) is 38.5 Å². The number of anilines is 1. The van der Waals surface area contributed by atoms with Crippen LogP contribution in [-0.4, -0.2) is 48.2 Å². The SMILES string of the molecule is CCOC(=O)c1sc(NC(=O)COC(=O)c2cccn2C)c(C(=O)OCC)c1C. The van der Waals surface area contributed by atoms with Gasteiger partial charge in [-0.15, -0.1) is 11.3 Å². The lowest BCUT2D eigenvalue weighted by Crippen LogP contribution is -2.22. The molecule has 0 fully saturated rings. The molecule has 0 saturated heterocycles. The van der Waals surface area contributed by atoms with Gasteiger partial charge < -0.3 is 24.1 Å². The number of esters is 3. The van der Waals surface area contributed by atoms with E-state index in [0.717, 1.165) is 11.3 Å². The standard InChI is InChI=1S/C19H22N2O7S/c1-5-26-18(24)14-11(3)15(19(25)27-6-2)29-16(14)20-13(22)10-28-17(23)12-8-7-9-21(12)4/h7-9H,5-6,10H2,1-4H3,(H,20,22). The molecular formula is C19H22N2O7S. The summed E-state index contributed by atoms with van der Waals surface area (Å²) in [5.41, 5.74) is 0.714. The Balaban J connectivity index is 2.17. The zero-order valence-corrected chi connectivity index (χ0v) is 17.4. The Hall–Kier alpha value is -3.14. The Morgan fingerprint density at radius 3 is 2.28 bits per heavy atom. The molecule has 1 N–H and O–H groups in total. The van der Waals surface area contributed by atoms with Crippen molar-refractivity contribution in [2.24, 2.45) is 7.05 Å². The van der Waals surface area contributed by atoms with E-state index in [-0.39, 0.29) is 28.7 Å². The average Bonchev–Trinajstić information content (AvgIpc) is 3.23. The highest BCUT2D eigenvalue weighted by atomic mass is 32.1. The molecule has 0 aliphatic carbocycles. The smallest absolute Gasteiger partial charge is 0.355 e. The van der Waals surface area contributed by atoms with Crippen LogP contribution in [0.2, 0.25) is 0 Å². The van der Waals surface area contributed by atoms with Crippen LogP contribution in [0.5, 0.6) is 0 Å². The van der Waals surface area contributed by atoms with Gasteiger partial charge in [0.1, 0.15) is 15.6 Å². The van der Waals surface area contributed by atoms with Crippen LogP contribution in [-0.2, 0) is 26.1 Å². The van der Waals surface area contributed by atoms with Crippen molar-refractivity contribution < 1.29 is 33.4 Å². The second-order valence-corrected chi connectivity index (χ2v) is 6.85. The summed E-state index contributed by atoms with van der Waals surface area (Å²) < 4.78 is 16.6. The van der Waals surface area contributed by atoms with Gasteiger partial charge in [-0.1, -0.05) is 0 Å². The van der Waals surface area contributed by atoms with Gasteiger partial charge in [0, 0.05) is 13.2 Å². The zero-order chi connectivity index (χ0) is 21.6. The number of hydrogen-bond donors (Lipinski definition) is 1. The van der Waals surface area contributed by atoms with Crippen molar-refractivity contribution in [1.29, 1.82) is 0 Å². The van der Waals surface area contributed by atoms with Crippen molar-refractivity contribution in [2.75, 3.05) is 25.1 Å². The van der Waals surface area contributed by atoms with Gasteiger partial charge in [0.2, 0.25) is 0 Å². The second-order valence-electron chi connectivity index (χ2n) is 5.83. The number of hydrogen-bond acceptors (Lipinski definition) is 8. The maximum absolute atomic E-state index is 12.3. The van der Waals surface area contributed by atoms with Crippen molar-refractivity contribution in [3.63, 3.8) is 0 Å². The molecule has 0 bridgehead atoms. The number of ether oxygens (including phenoxy) is 3. The van der Waals surface area contributed by atoms with Gasteiger partial charge in [0.25, 0.3) is 5.91 Å². The molecule has 10 heteroatoms. The van der Waals surface area contributed by atoms with E-state index in [2.05, 4.69) is 5.32 Å². The first-order chi connectivity index (χ1) is 13.8. The third-order valence-corrected chi connectivity index (χ3v) is 5.01. The number of aryl methyl sites for hydroxylation is 1. The first-order valence-electron chi connectivity index (χ1n) is 8.86. The molecule has 156 valence electrons. The molecule has 0 saturated carbocycles. The van der Waals surface area contributed by atoms with Gasteiger partial charge in [0.05, 0.1) is 18.8 Å². The Morgan fingerprint density at radius 2 is 1.69 bits per heavy atom. The molecule has 0 aliphatic rings. The Kier molecular flexibility index (Phi) is 7.54. The van der Waals surface area contributed by atoms with E-state index in [1.807, 2.05) is 0 Å². The van der Waals surface area contributed by atoms with E-state index < -0.39 is 30.4 Å². The van der Waals surface area contributed by atoms with Crippen LogP contribution in [0.25, 0.3) is 0 Å². The molecule has 0 aromatic carbocycles. The van der Waals surface area contributed by atoms with Crippen LogP contribution < -0.4 is 5.32 Å². The van der Waals surface area contributed by atoms with Crippen molar-refractivity contribution in [1.82, 2.24) is 4.57 Å². The second kappa shape index (κ2) is 9.87. The Bertz CT molecular complexity index is 929. The third-order valence-electron chi connectivity index (χ3n) is 3.83. The number of carbonyl (C=O) groups is 4. The summed E-state index contributed by atoms with van der Waals surface area (Å²) in [6.07, 6.45) is 1.67. The molecule has 1 amide bonds. The molecule has 2 aromatic rings. The molecule has 9 nitrogen and oxygen atoms in total. The zero-order valence-electron chi connectivity index (χ0n) is 16.6. The molecule has 0 atom stereocenters. The lowest BCUT2D eigenvalue weighted by Gasteiger charge is -2.08. The van der Waals surface area contributed by atoms with Crippen molar-refractivity contribution in [3.05, 3.63) is 40.0 Å². The average molecular weight is 422 g/mol. The van der Waals surface area contributed by atoms with E-state index in [4.69, 9.17) is 14.2 Å². The molecule has 0 radical (unpaired) electrons. The van der Waals surface area contributed by atoms with Gasteiger partial charge in [0.15, 0.2) is 6.61 Å². The number of aromatic nitrogens is 1. The highest BCUT2D eigenvalue weighted by molar-refractivity contribution is 7.18. The number of rotatable bonds is 8. The molecular weight excluding hydrogens is 400 g/mol. The summed E-state index contributed by atoms with van der Waals surface area (Å²) >= 11 is 0.899. The van der Waals surface area contributed by atoms with E-state index in [1.54, 1.807) is 50.7 Å². The minimum absolute atomic E-state index is 0.0713. The van der Waals surface area contributed by atoms with Gasteiger partial charge in [-0.2, -0.15) is 0 Å². The summed E-state index contributed by atoms with van der Waals surface area (Å²) in [5.74, 6) is -2.59. The van der Waals surface area contributed by atoms with Crippen LogP contribution in [0, 0.1) is 6.92 Å². The fourth-order valence-electron chi connectivity index (χ4n) is 2.48. The molecule has 0 aliphatic heterocycles. The predicted octanol–water partition coefficient (Wildman–Crippen LogP) is 2.54. The fraction of sp³-hybridized carbons (Fsp3) is 0.368. The lowest BCUT2D eigenvalue weighted by molar-refractivity contribution is -0.119. The number of thiophene rings is 1. The quantitative estimate of drug-likeness (QED) is 0.514. The monoisotopic (exact) mass is 422 g/mol. The number of amides is 1. The normalized spacial score (nSPS) is 10.3. The molecule has 2 rings (SSSR count). The lowest BCUT2D eigenvalue weighted by atomic mass is 10.1. The molecule has 2 heterocycles. The summed E-state index contributed by atoms with van der Waals surface area (Å²) in [4.78, 5) is 48.9. The first kappa shape index (κ1) is 22.2. The van der Waals surface area contributed by atoms with Crippen molar-refractivity contribution in [2.45, 2.75) is 20.8 Å². The van der Waals surface area contributed by atoms with Crippen LogP contribution in [0.4, 0.5) is 5.00 Å². The maximum atomic E-state index is 12.3. The van der Waals surface area contributed by atoms with Crippen LogP contribution in [0.15, 0.2) is 18.3 Å². The number of nitrogens with one attached hydrogen (secondary N) is 1. The van der Waals surface area contributed by atoms with Crippen molar-refractivity contribution in [3.8, 4) is 0 Å². The van der Waals surface area contributed by atoms with Gasteiger partial charge in [-0.25, -0.2) is 14.4 Å². The summed E-state index contributed by atoms with van der Waals surface area (Å²) in [7, 11) is 1.67. The minimum Gasteiger partial charge on any atom is -0.462 e. The topological polar surface area (TPSA) is 113 Å². The Labute approximate surface area is 171 Å². The molecule has 0 spiro atoms. The summed E-state index contributed by atoms with van der Waals surface area (Å²) in [6.45, 7) is 4.62. The van der Waals surface area contributed by atoms with Gasteiger partial charge >= 0.3 is 17.9 Å². The predicted molar refractivity (Wildman–Crippen MR) is 105 cm³/mol. The third kappa shape index (κ3) is 5.23. The molecule has 29 heavy (non-hydrogen) atoms. The molecule has 2 aromatic heterocycles. The number of carbonyl (C=O) groups excluding carboxylic acids is 4. The van der Waals surface area contributed by atoms with Crippen molar-refractivity contribution >= 4 is 40.2 Å². The number of nitrogens with zero attached hydrogens (tertiary/aromatic N) is 1. The van der Waals surface area contributed by atoms with Crippen LogP contribution in [0.1, 0.15) is 49.9 Å². The van der Waals surface area contributed by atoms with Crippen LogP contribution in [0.3, 0.4) is 0 Å². The van der Waals surface area contributed by atoms with E-state index in [9.17, 15) is 19.2 Å². The minimum atomic E-state index is -0.673. The van der Waals surface area contributed by atoms with E-state index >= 15 is 0 Å². The molecule has 0 unspecified atom stereocenters. The van der Waals surface area contributed by atoms with E-state index in [0.29, 0.717) is 11.3 Å².